The number of rotatable bonds is 5. The molecule has 0 saturated carbocycles. The maximum atomic E-state index is 12.4. The summed E-state index contributed by atoms with van der Waals surface area (Å²) in [4.78, 5) is 18.0. The van der Waals surface area contributed by atoms with Crippen molar-refractivity contribution in [2.24, 2.45) is 7.05 Å². The predicted octanol–water partition coefficient (Wildman–Crippen LogP) is 3.44. The van der Waals surface area contributed by atoms with Crippen molar-refractivity contribution in [3.63, 3.8) is 0 Å². The normalized spacial score (nSPS) is 12.5. The third-order valence-electron chi connectivity index (χ3n) is 3.80. The molecule has 0 unspecified atom stereocenters. The SMILES string of the molecule is CC[C@H](NC(=O)Cc1cn(C)c2ncccc12)c1cccs1. The van der Waals surface area contributed by atoms with Crippen molar-refractivity contribution in [1.29, 1.82) is 0 Å². The van der Waals surface area contributed by atoms with Crippen molar-refractivity contribution >= 4 is 28.3 Å². The van der Waals surface area contributed by atoms with Crippen LogP contribution in [0.3, 0.4) is 0 Å². The fraction of sp³-hybridized carbons (Fsp3) is 0.294. The number of aromatic nitrogens is 2. The lowest BCUT2D eigenvalue weighted by atomic mass is 10.1. The number of carbonyl (C=O) groups is 1. The molecule has 4 nitrogen and oxygen atoms in total. The standard InChI is InChI=1S/C17H19N3OS/c1-3-14(15-7-5-9-22-15)19-16(21)10-12-11-20(2)17-13(12)6-4-8-18-17/h4-9,11,14H,3,10H2,1-2H3,(H,19,21)/t14-/m0/s1. The summed E-state index contributed by atoms with van der Waals surface area (Å²) in [7, 11) is 1.96. The summed E-state index contributed by atoms with van der Waals surface area (Å²) in [6.45, 7) is 2.09. The Labute approximate surface area is 133 Å². The molecule has 0 aliphatic rings. The van der Waals surface area contributed by atoms with Gasteiger partial charge in [-0.1, -0.05) is 13.0 Å². The highest BCUT2D eigenvalue weighted by Crippen LogP contribution is 2.23. The van der Waals surface area contributed by atoms with Crippen LogP contribution in [0.25, 0.3) is 11.0 Å². The fourth-order valence-corrected chi connectivity index (χ4v) is 3.58. The van der Waals surface area contributed by atoms with Gasteiger partial charge in [0.05, 0.1) is 12.5 Å². The molecule has 0 aliphatic heterocycles. The number of amides is 1. The first-order valence-electron chi connectivity index (χ1n) is 7.40. The number of carbonyl (C=O) groups excluding carboxylic acids is 1. The Kier molecular flexibility index (Phi) is 4.24. The number of hydrogen-bond acceptors (Lipinski definition) is 3. The molecule has 3 aromatic rings. The summed E-state index contributed by atoms with van der Waals surface area (Å²) in [6, 6.07) is 8.11. The van der Waals surface area contributed by atoms with Gasteiger partial charge in [-0.3, -0.25) is 4.79 Å². The number of nitrogens with one attached hydrogen (secondary N) is 1. The van der Waals surface area contributed by atoms with E-state index in [-0.39, 0.29) is 11.9 Å². The van der Waals surface area contributed by atoms with E-state index in [0.717, 1.165) is 23.0 Å². The van der Waals surface area contributed by atoms with Crippen LogP contribution in [-0.4, -0.2) is 15.5 Å². The molecule has 0 radical (unpaired) electrons. The summed E-state index contributed by atoms with van der Waals surface area (Å²) in [5.41, 5.74) is 1.93. The molecule has 1 atom stereocenters. The minimum absolute atomic E-state index is 0.0524. The third-order valence-corrected chi connectivity index (χ3v) is 4.78. The van der Waals surface area contributed by atoms with Gasteiger partial charge in [0.25, 0.3) is 0 Å². The molecule has 114 valence electrons. The average Bonchev–Trinajstić information content (AvgIpc) is 3.15. The highest BCUT2D eigenvalue weighted by Gasteiger charge is 2.16. The fourth-order valence-electron chi connectivity index (χ4n) is 2.72. The molecule has 5 heteroatoms. The van der Waals surface area contributed by atoms with E-state index in [2.05, 4.69) is 23.3 Å². The van der Waals surface area contributed by atoms with E-state index in [1.165, 1.54) is 4.88 Å². The molecule has 1 N–H and O–H groups in total. The maximum absolute atomic E-state index is 12.4. The predicted molar refractivity (Wildman–Crippen MR) is 89.9 cm³/mol. The van der Waals surface area contributed by atoms with Crippen LogP contribution in [0.5, 0.6) is 0 Å². The Morgan fingerprint density at radius 2 is 2.27 bits per heavy atom. The summed E-state index contributed by atoms with van der Waals surface area (Å²) in [6.07, 6.45) is 5.04. The van der Waals surface area contributed by atoms with E-state index in [1.807, 2.05) is 41.4 Å². The van der Waals surface area contributed by atoms with Gasteiger partial charge in [0.2, 0.25) is 5.91 Å². The molecular weight excluding hydrogens is 294 g/mol. The second kappa shape index (κ2) is 6.32. The van der Waals surface area contributed by atoms with Crippen LogP contribution in [0, 0.1) is 0 Å². The highest BCUT2D eigenvalue weighted by molar-refractivity contribution is 7.10. The maximum Gasteiger partial charge on any atom is 0.225 e. The Bertz CT molecular complexity index is 776. The first kappa shape index (κ1) is 14.8. The van der Waals surface area contributed by atoms with Gasteiger partial charge in [-0.05, 0) is 35.6 Å². The number of fused-ring (bicyclic) bond motifs is 1. The van der Waals surface area contributed by atoms with Gasteiger partial charge in [0, 0.05) is 29.7 Å². The lowest BCUT2D eigenvalue weighted by Gasteiger charge is -2.15. The minimum atomic E-state index is 0.0524. The topological polar surface area (TPSA) is 46.9 Å². The average molecular weight is 313 g/mol. The zero-order chi connectivity index (χ0) is 15.5. The molecule has 0 aliphatic carbocycles. The highest BCUT2D eigenvalue weighted by atomic mass is 32.1. The van der Waals surface area contributed by atoms with Crippen molar-refractivity contribution in [3.05, 3.63) is 52.5 Å². The van der Waals surface area contributed by atoms with Crippen LogP contribution in [0.4, 0.5) is 0 Å². The molecule has 3 heterocycles. The van der Waals surface area contributed by atoms with Gasteiger partial charge in [-0.15, -0.1) is 11.3 Å². The molecule has 22 heavy (non-hydrogen) atoms. The van der Waals surface area contributed by atoms with Crippen molar-refractivity contribution in [3.8, 4) is 0 Å². The lowest BCUT2D eigenvalue weighted by molar-refractivity contribution is -0.121. The summed E-state index contributed by atoms with van der Waals surface area (Å²) < 4.78 is 1.97. The summed E-state index contributed by atoms with van der Waals surface area (Å²) in [5.74, 6) is 0.0524. The van der Waals surface area contributed by atoms with Crippen LogP contribution in [0.2, 0.25) is 0 Å². The number of pyridine rings is 1. The van der Waals surface area contributed by atoms with E-state index in [4.69, 9.17) is 0 Å². The van der Waals surface area contributed by atoms with Gasteiger partial charge < -0.3 is 9.88 Å². The van der Waals surface area contributed by atoms with Crippen LogP contribution in [0.1, 0.15) is 29.8 Å². The Morgan fingerprint density at radius 3 is 3.00 bits per heavy atom. The van der Waals surface area contributed by atoms with Crippen LogP contribution in [-0.2, 0) is 18.3 Å². The quantitative estimate of drug-likeness (QED) is 0.784. The van der Waals surface area contributed by atoms with Crippen molar-refractivity contribution < 1.29 is 4.79 Å². The third kappa shape index (κ3) is 2.90. The summed E-state index contributed by atoms with van der Waals surface area (Å²) >= 11 is 1.68. The zero-order valence-corrected chi connectivity index (χ0v) is 13.6. The van der Waals surface area contributed by atoms with Gasteiger partial charge in [0.1, 0.15) is 5.65 Å². The Balaban J connectivity index is 1.76. The molecule has 0 aromatic carbocycles. The van der Waals surface area contributed by atoms with E-state index in [0.29, 0.717) is 6.42 Å². The van der Waals surface area contributed by atoms with Crippen molar-refractivity contribution in [1.82, 2.24) is 14.9 Å². The molecule has 0 spiro atoms. The molecule has 0 bridgehead atoms. The number of thiophene rings is 1. The Morgan fingerprint density at radius 1 is 1.41 bits per heavy atom. The van der Waals surface area contributed by atoms with Crippen molar-refractivity contribution in [2.75, 3.05) is 0 Å². The van der Waals surface area contributed by atoms with Crippen LogP contribution < -0.4 is 5.32 Å². The Hall–Kier alpha value is -2.14. The number of nitrogens with zero attached hydrogens (tertiary/aromatic N) is 2. The molecular formula is C17H19N3OS. The van der Waals surface area contributed by atoms with E-state index in [9.17, 15) is 4.79 Å². The molecule has 0 fully saturated rings. The zero-order valence-electron chi connectivity index (χ0n) is 12.7. The molecule has 0 saturated heterocycles. The van der Waals surface area contributed by atoms with Gasteiger partial charge >= 0.3 is 0 Å². The second-order valence-electron chi connectivity index (χ2n) is 5.36. The minimum Gasteiger partial charge on any atom is -0.348 e. The smallest absolute Gasteiger partial charge is 0.225 e. The first-order valence-corrected chi connectivity index (χ1v) is 8.28. The summed E-state index contributed by atoms with van der Waals surface area (Å²) in [5, 5.41) is 6.22. The monoisotopic (exact) mass is 313 g/mol. The lowest BCUT2D eigenvalue weighted by Crippen LogP contribution is -2.28. The van der Waals surface area contributed by atoms with Crippen LogP contribution in [0.15, 0.2) is 42.0 Å². The molecule has 1 amide bonds. The van der Waals surface area contributed by atoms with Crippen molar-refractivity contribution in [2.45, 2.75) is 25.8 Å². The van der Waals surface area contributed by atoms with E-state index < -0.39 is 0 Å². The first-order chi connectivity index (χ1) is 10.7. The van der Waals surface area contributed by atoms with E-state index in [1.54, 1.807) is 17.5 Å². The number of aryl methyl sites for hydroxylation is 1. The van der Waals surface area contributed by atoms with Gasteiger partial charge in [-0.2, -0.15) is 0 Å². The van der Waals surface area contributed by atoms with Crippen LogP contribution >= 0.6 is 11.3 Å². The largest absolute Gasteiger partial charge is 0.348 e. The molecule has 3 aromatic heterocycles. The van der Waals surface area contributed by atoms with Gasteiger partial charge in [0.15, 0.2) is 0 Å². The number of hydrogen-bond donors (Lipinski definition) is 1. The van der Waals surface area contributed by atoms with E-state index >= 15 is 0 Å². The van der Waals surface area contributed by atoms with Gasteiger partial charge in [-0.25, -0.2) is 4.98 Å². The second-order valence-corrected chi connectivity index (χ2v) is 6.34. The molecule has 3 rings (SSSR count).